The van der Waals surface area contributed by atoms with E-state index in [-0.39, 0.29) is 16.2 Å². The van der Waals surface area contributed by atoms with Crippen molar-refractivity contribution in [3.05, 3.63) is 9.81 Å². The number of allylic oxidation sites excluding steroid dienone is 1. The summed E-state index contributed by atoms with van der Waals surface area (Å²) in [5, 5.41) is -0.212. The molecule has 60 valence electrons. The molecule has 0 spiro atoms. The van der Waals surface area contributed by atoms with E-state index in [0.717, 1.165) is 0 Å². The molecule has 0 aromatic heterocycles. The highest BCUT2D eigenvalue weighted by Gasteiger charge is 2.21. The van der Waals surface area contributed by atoms with Crippen LogP contribution in [0.5, 0.6) is 0 Å². The lowest BCUT2D eigenvalue weighted by molar-refractivity contribution is 0.381. The minimum absolute atomic E-state index is 0.159. The first-order valence-corrected chi connectivity index (χ1v) is 4.86. The molecule has 0 aliphatic carbocycles. The Morgan fingerprint density at radius 2 is 1.90 bits per heavy atom. The zero-order valence-corrected chi connectivity index (χ0v) is 7.62. The van der Waals surface area contributed by atoms with Gasteiger partial charge >= 0.3 is 7.60 Å². The van der Waals surface area contributed by atoms with Crippen LogP contribution < -0.4 is 0 Å². The molecule has 3 nitrogen and oxygen atoms in total. The molecule has 0 aromatic rings. The molecule has 0 saturated heterocycles. The summed E-state index contributed by atoms with van der Waals surface area (Å²) in [6.07, 6.45) is 0.159. The second-order valence-corrected chi connectivity index (χ2v) is 4.18. The highest BCUT2D eigenvalue weighted by molar-refractivity contribution is 7.56. The molecule has 0 bridgehead atoms. The summed E-state index contributed by atoms with van der Waals surface area (Å²) >= 11 is 10.4. The SMILES string of the molecule is CCC(=C(Cl)Cl)P(=O)(O)O. The summed E-state index contributed by atoms with van der Waals surface area (Å²) in [6.45, 7) is 1.57. The molecule has 0 fully saturated rings. The topological polar surface area (TPSA) is 57.5 Å². The Morgan fingerprint density at radius 1 is 1.50 bits per heavy atom. The third-order valence-electron chi connectivity index (χ3n) is 0.905. The quantitative estimate of drug-likeness (QED) is 0.679. The van der Waals surface area contributed by atoms with Crippen LogP contribution in [0.15, 0.2) is 9.81 Å². The summed E-state index contributed by atoms with van der Waals surface area (Å²) in [5.41, 5.74) is 0. The average molecular weight is 205 g/mol. The van der Waals surface area contributed by atoms with Crippen molar-refractivity contribution in [2.45, 2.75) is 13.3 Å². The molecule has 0 atom stereocenters. The van der Waals surface area contributed by atoms with E-state index in [1.807, 2.05) is 0 Å². The molecule has 10 heavy (non-hydrogen) atoms. The highest BCUT2D eigenvalue weighted by Crippen LogP contribution is 2.49. The Bertz CT molecular complexity index is 191. The van der Waals surface area contributed by atoms with E-state index in [1.165, 1.54) is 0 Å². The van der Waals surface area contributed by atoms with Gasteiger partial charge in [-0.1, -0.05) is 30.1 Å². The Morgan fingerprint density at radius 3 is 1.90 bits per heavy atom. The molecule has 0 heterocycles. The standard InChI is InChI=1S/C4H7Cl2O3P/c1-2-3(4(5)6)10(7,8)9/h2H2,1H3,(H2,7,8,9). The molecule has 0 aliphatic heterocycles. The maximum absolute atomic E-state index is 10.5. The van der Waals surface area contributed by atoms with Crippen LogP contribution >= 0.6 is 30.8 Å². The Balaban J connectivity index is 4.73. The van der Waals surface area contributed by atoms with Crippen molar-refractivity contribution >= 4 is 30.8 Å². The molecule has 2 N–H and O–H groups in total. The predicted molar refractivity (Wildman–Crippen MR) is 41.1 cm³/mol. The lowest BCUT2D eigenvalue weighted by atomic mass is 10.5. The number of hydrogen-bond acceptors (Lipinski definition) is 1. The van der Waals surface area contributed by atoms with Gasteiger partial charge in [0, 0.05) is 0 Å². The summed E-state index contributed by atoms with van der Waals surface area (Å²) in [4.78, 5) is 17.1. The number of halogens is 2. The third kappa shape index (κ3) is 3.04. The van der Waals surface area contributed by atoms with Crippen LogP contribution in [0.25, 0.3) is 0 Å². The van der Waals surface area contributed by atoms with E-state index < -0.39 is 7.60 Å². The molecule has 0 radical (unpaired) electrons. The first-order valence-electron chi connectivity index (χ1n) is 2.49. The normalized spacial score (nSPS) is 11.3. The largest absolute Gasteiger partial charge is 0.354 e. The van der Waals surface area contributed by atoms with E-state index >= 15 is 0 Å². The van der Waals surface area contributed by atoms with Crippen LogP contribution in [0, 0.1) is 0 Å². The summed E-state index contributed by atoms with van der Waals surface area (Å²) in [5.74, 6) is 0. The molecular weight excluding hydrogens is 198 g/mol. The van der Waals surface area contributed by atoms with Gasteiger partial charge in [-0.2, -0.15) is 0 Å². The molecule has 0 rings (SSSR count). The van der Waals surface area contributed by atoms with Crippen LogP contribution in [0.4, 0.5) is 0 Å². The van der Waals surface area contributed by atoms with Gasteiger partial charge in [0.15, 0.2) is 0 Å². The van der Waals surface area contributed by atoms with Gasteiger partial charge in [-0.15, -0.1) is 0 Å². The van der Waals surface area contributed by atoms with Crippen molar-refractivity contribution in [1.29, 1.82) is 0 Å². The predicted octanol–water partition coefficient (Wildman–Crippen LogP) is 2.22. The zero-order valence-electron chi connectivity index (χ0n) is 5.21. The van der Waals surface area contributed by atoms with Gasteiger partial charge in [0.05, 0.1) is 5.31 Å². The van der Waals surface area contributed by atoms with Crippen molar-refractivity contribution in [3.8, 4) is 0 Å². The average Bonchev–Trinajstić information content (AvgIpc) is 1.60. The molecule has 6 heteroatoms. The number of hydrogen-bond donors (Lipinski definition) is 2. The van der Waals surface area contributed by atoms with E-state index in [4.69, 9.17) is 33.0 Å². The Hall–Kier alpha value is 0.470. The third-order valence-corrected chi connectivity index (χ3v) is 2.87. The lowest BCUT2D eigenvalue weighted by Gasteiger charge is -2.05. The van der Waals surface area contributed by atoms with Crippen LogP contribution in [0.3, 0.4) is 0 Å². The van der Waals surface area contributed by atoms with Crippen LogP contribution in [0.1, 0.15) is 13.3 Å². The maximum atomic E-state index is 10.5. The minimum atomic E-state index is -4.22. The Kier molecular flexibility index (Phi) is 3.92. The van der Waals surface area contributed by atoms with Crippen LogP contribution in [-0.4, -0.2) is 9.79 Å². The van der Waals surface area contributed by atoms with Crippen molar-refractivity contribution in [3.63, 3.8) is 0 Å². The van der Waals surface area contributed by atoms with Gasteiger partial charge in [-0.05, 0) is 6.42 Å². The van der Waals surface area contributed by atoms with Crippen molar-refractivity contribution in [1.82, 2.24) is 0 Å². The summed E-state index contributed by atoms with van der Waals surface area (Å²) in [6, 6.07) is 0. The Labute approximate surface area is 68.8 Å². The lowest BCUT2D eigenvalue weighted by Crippen LogP contribution is -1.84. The second kappa shape index (κ2) is 3.74. The van der Waals surface area contributed by atoms with E-state index in [9.17, 15) is 4.57 Å². The van der Waals surface area contributed by atoms with Crippen molar-refractivity contribution < 1.29 is 14.4 Å². The molecule has 0 saturated carbocycles. The van der Waals surface area contributed by atoms with Crippen LogP contribution in [-0.2, 0) is 4.57 Å². The number of rotatable bonds is 2. The molecule has 0 aromatic carbocycles. The molecule has 0 unspecified atom stereocenters. The van der Waals surface area contributed by atoms with Gasteiger partial charge in [-0.3, -0.25) is 4.57 Å². The van der Waals surface area contributed by atoms with E-state index in [1.54, 1.807) is 6.92 Å². The second-order valence-electron chi connectivity index (χ2n) is 1.60. The maximum Gasteiger partial charge on any atom is 0.354 e. The van der Waals surface area contributed by atoms with E-state index in [2.05, 4.69) is 0 Å². The fourth-order valence-corrected chi connectivity index (χ4v) is 2.01. The summed E-state index contributed by atoms with van der Waals surface area (Å²) in [7, 11) is -4.22. The molecule has 0 aliphatic rings. The first kappa shape index (κ1) is 10.5. The monoisotopic (exact) mass is 204 g/mol. The zero-order chi connectivity index (χ0) is 8.36. The van der Waals surface area contributed by atoms with Crippen LogP contribution in [0.2, 0.25) is 0 Å². The van der Waals surface area contributed by atoms with Gasteiger partial charge in [0.1, 0.15) is 4.49 Å². The van der Waals surface area contributed by atoms with Gasteiger partial charge < -0.3 is 9.79 Å². The fraction of sp³-hybridized carbons (Fsp3) is 0.500. The molecular formula is C4H7Cl2O3P. The van der Waals surface area contributed by atoms with E-state index in [0.29, 0.717) is 0 Å². The van der Waals surface area contributed by atoms with Gasteiger partial charge in [0.25, 0.3) is 0 Å². The first-order chi connectivity index (χ1) is 4.39. The fourth-order valence-electron chi connectivity index (χ4n) is 0.450. The van der Waals surface area contributed by atoms with Gasteiger partial charge in [-0.25, -0.2) is 0 Å². The minimum Gasteiger partial charge on any atom is -0.321 e. The van der Waals surface area contributed by atoms with Crippen molar-refractivity contribution in [2.75, 3.05) is 0 Å². The van der Waals surface area contributed by atoms with Gasteiger partial charge in [0.2, 0.25) is 0 Å². The molecule has 0 amide bonds. The highest BCUT2D eigenvalue weighted by atomic mass is 35.5. The van der Waals surface area contributed by atoms with Crippen molar-refractivity contribution in [2.24, 2.45) is 0 Å². The summed E-state index contributed by atoms with van der Waals surface area (Å²) < 4.78 is 10.1. The smallest absolute Gasteiger partial charge is 0.321 e.